The molecular weight excluding hydrogens is 330 g/mol. The number of carbonyl (C=O) groups excluding carboxylic acids is 1. The lowest BCUT2D eigenvalue weighted by molar-refractivity contribution is -0.115. The number of nitrogens with zero attached hydrogens (tertiary/aromatic N) is 1. The highest BCUT2D eigenvalue weighted by molar-refractivity contribution is 9.10. The van der Waals surface area contributed by atoms with Gasteiger partial charge in [-0.15, -0.1) is 0 Å². The van der Waals surface area contributed by atoms with E-state index in [9.17, 15) is 4.79 Å². The van der Waals surface area contributed by atoms with E-state index >= 15 is 0 Å². The minimum absolute atomic E-state index is 0.0296. The second kappa shape index (κ2) is 6.90. The van der Waals surface area contributed by atoms with E-state index in [1.807, 2.05) is 24.3 Å². The molecule has 0 bridgehead atoms. The first-order valence-electron chi connectivity index (χ1n) is 7.73. The summed E-state index contributed by atoms with van der Waals surface area (Å²) in [5, 5.41) is 6.35. The highest BCUT2D eigenvalue weighted by Crippen LogP contribution is 2.26. The highest BCUT2D eigenvalue weighted by atomic mass is 79.9. The zero-order chi connectivity index (χ0) is 14.7. The Morgan fingerprint density at radius 2 is 2.24 bits per heavy atom. The van der Waals surface area contributed by atoms with E-state index < -0.39 is 0 Å². The number of anilines is 1. The maximum atomic E-state index is 12.0. The van der Waals surface area contributed by atoms with Gasteiger partial charge < -0.3 is 15.5 Å². The number of fused-ring (bicyclic) bond motifs is 1. The maximum Gasteiger partial charge on any atom is 0.238 e. The van der Waals surface area contributed by atoms with E-state index in [2.05, 4.69) is 31.5 Å². The van der Waals surface area contributed by atoms with Crippen LogP contribution < -0.4 is 10.6 Å². The normalized spacial score (nSPS) is 25.6. The molecule has 0 aliphatic carbocycles. The van der Waals surface area contributed by atoms with Crippen molar-refractivity contribution in [2.75, 3.05) is 25.0 Å². The van der Waals surface area contributed by atoms with Gasteiger partial charge >= 0.3 is 0 Å². The summed E-state index contributed by atoms with van der Waals surface area (Å²) in [7, 11) is 0. The summed E-state index contributed by atoms with van der Waals surface area (Å²) < 4.78 is 0.974. The Morgan fingerprint density at radius 3 is 3.10 bits per heavy atom. The summed E-state index contributed by atoms with van der Waals surface area (Å²) >= 11 is 3.41. The molecule has 0 aromatic heterocycles. The molecule has 2 aliphatic rings. The highest BCUT2D eigenvalue weighted by Gasteiger charge is 2.31. The lowest BCUT2D eigenvalue weighted by Crippen LogP contribution is -2.47. The summed E-state index contributed by atoms with van der Waals surface area (Å²) in [6, 6.07) is 8.91. The predicted octanol–water partition coefficient (Wildman–Crippen LogP) is 2.60. The van der Waals surface area contributed by atoms with Gasteiger partial charge in [0.25, 0.3) is 0 Å². The standard InChI is InChI=1S/C16H22BrN3O/c17-12-3-1-4-14(9-12)19-16(21)11-18-13-6-8-20-7-2-5-15(20)10-13/h1,3-4,9,13,15,18H,2,5-8,10-11H2,(H,19,21). The number of amides is 1. The molecule has 2 aliphatic heterocycles. The minimum atomic E-state index is 0.0296. The first kappa shape index (κ1) is 15.0. The number of nitrogens with one attached hydrogen (secondary N) is 2. The van der Waals surface area contributed by atoms with Crippen LogP contribution in [0.5, 0.6) is 0 Å². The SMILES string of the molecule is O=C(CNC1CCN2CCCC2C1)Nc1cccc(Br)c1. The molecule has 0 spiro atoms. The fourth-order valence-corrected chi connectivity index (χ4v) is 3.82. The molecule has 2 N–H and O–H groups in total. The van der Waals surface area contributed by atoms with Crippen molar-refractivity contribution in [3.63, 3.8) is 0 Å². The van der Waals surface area contributed by atoms with Gasteiger partial charge in [0.1, 0.15) is 0 Å². The Balaban J connectivity index is 1.43. The number of carbonyl (C=O) groups is 1. The van der Waals surface area contributed by atoms with Crippen molar-refractivity contribution in [2.45, 2.75) is 37.8 Å². The lowest BCUT2D eigenvalue weighted by Gasteiger charge is -2.35. The van der Waals surface area contributed by atoms with Crippen LogP contribution in [-0.2, 0) is 4.79 Å². The molecule has 1 aromatic rings. The molecular formula is C16H22BrN3O. The third-order valence-electron chi connectivity index (χ3n) is 4.48. The Hall–Kier alpha value is -0.910. The third-order valence-corrected chi connectivity index (χ3v) is 4.97. The monoisotopic (exact) mass is 351 g/mol. The Morgan fingerprint density at radius 1 is 1.33 bits per heavy atom. The number of hydrogen-bond donors (Lipinski definition) is 2. The van der Waals surface area contributed by atoms with Gasteiger partial charge in [-0.3, -0.25) is 4.79 Å². The number of halogens is 1. The summed E-state index contributed by atoms with van der Waals surface area (Å²) in [4.78, 5) is 14.6. The molecule has 114 valence electrons. The molecule has 1 aromatic carbocycles. The first-order valence-corrected chi connectivity index (χ1v) is 8.53. The molecule has 5 heteroatoms. The van der Waals surface area contributed by atoms with Crippen LogP contribution in [0.3, 0.4) is 0 Å². The molecule has 2 unspecified atom stereocenters. The molecule has 0 radical (unpaired) electrons. The summed E-state index contributed by atoms with van der Waals surface area (Å²) in [5.41, 5.74) is 0.835. The third kappa shape index (κ3) is 4.05. The van der Waals surface area contributed by atoms with Gasteiger partial charge in [-0.25, -0.2) is 0 Å². The Kier molecular flexibility index (Phi) is 4.93. The van der Waals surface area contributed by atoms with Crippen molar-refractivity contribution in [1.29, 1.82) is 0 Å². The van der Waals surface area contributed by atoms with Crippen molar-refractivity contribution in [3.8, 4) is 0 Å². The quantitative estimate of drug-likeness (QED) is 0.876. The summed E-state index contributed by atoms with van der Waals surface area (Å²) in [6.45, 7) is 2.83. The van der Waals surface area contributed by atoms with E-state index in [1.165, 1.54) is 32.4 Å². The van der Waals surface area contributed by atoms with Crippen molar-refractivity contribution >= 4 is 27.5 Å². The fourth-order valence-electron chi connectivity index (χ4n) is 3.42. The molecule has 2 saturated heterocycles. The van der Waals surface area contributed by atoms with Crippen LogP contribution in [0.25, 0.3) is 0 Å². The molecule has 3 rings (SSSR count). The van der Waals surface area contributed by atoms with E-state index in [1.54, 1.807) is 0 Å². The van der Waals surface area contributed by atoms with Gasteiger partial charge in [-0.1, -0.05) is 22.0 Å². The molecule has 4 nitrogen and oxygen atoms in total. The maximum absolute atomic E-state index is 12.0. The molecule has 2 fully saturated rings. The molecule has 1 amide bonds. The number of piperidine rings is 1. The van der Waals surface area contributed by atoms with Crippen LogP contribution in [0.15, 0.2) is 28.7 Å². The summed E-state index contributed by atoms with van der Waals surface area (Å²) in [5.74, 6) is 0.0296. The number of benzene rings is 1. The average Bonchev–Trinajstić information content (AvgIpc) is 2.92. The van der Waals surface area contributed by atoms with Crippen molar-refractivity contribution < 1.29 is 4.79 Å². The van der Waals surface area contributed by atoms with E-state index in [4.69, 9.17) is 0 Å². The van der Waals surface area contributed by atoms with E-state index in [0.717, 1.165) is 22.6 Å². The van der Waals surface area contributed by atoms with Crippen molar-refractivity contribution in [2.24, 2.45) is 0 Å². The Bertz CT molecular complexity index is 508. The molecule has 2 heterocycles. The Labute approximate surface area is 134 Å². The van der Waals surface area contributed by atoms with Crippen LogP contribution in [0.2, 0.25) is 0 Å². The van der Waals surface area contributed by atoms with E-state index in [0.29, 0.717) is 12.6 Å². The van der Waals surface area contributed by atoms with Gasteiger partial charge in [-0.05, 0) is 57.0 Å². The van der Waals surface area contributed by atoms with Gasteiger partial charge in [-0.2, -0.15) is 0 Å². The zero-order valence-electron chi connectivity index (χ0n) is 12.1. The van der Waals surface area contributed by atoms with Crippen LogP contribution in [0, 0.1) is 0 Å². The minimum Gasteiger partial charge on any atom is -0.325 e. The van der Waals surface area contributed by atoms with Gasteiger partial charge in [0, 0.05) is 22.2 Å². The largest absolute Gasteiger partial charge is 0.325 e. The number of hydrogen-bond acceptors (Lipinski definition) is 3. The predicted molar refractivity (Wildman–Crippen MR) is 88.4 cm³/mol. The average molecular weight is 352 g/mol. The van der Waals surface area contributed by atoms with Crippen LogP contribution >= 0.6 is 15.9 Å². The topological polar surface area (TPSA) is 44.4 Å². The van der Waals surface area contributed by atoms with Crippen LogP contribution in [0.4, 0.5) is 5.69 Å². The van der Waals surface area contributed by atoms with Crippen molar-refractivity contribution in [1.82, 2.24) is 10.2 Å². The summed E-state index contributed by atoms with van der Waals surface area (Å²) in [6.07, 6.45) is 4.99. The molecule has 0 saturated carbocycles. The molecule has 2 atom stereocenters. The van der Waals surface area contributed by atoms with Gasteiger partial charge in [0.05, 0.1) is 6.54 Å². The lowest BCUT2D eigenvalue weighted by atomic mass is 9.97. The second-order valence-electron chi connectivity index (χ2n) is 5.99. The number of rotatable bonds is 4. The second-order valence-corrected chi connectivity index (χ2v) is 6.91. The first-order chi connectivity index (χ1) is 10.2. The zero-order valence-corrected chi connectivity index (χ0v) is 13.7. The van der Waals surface area contributed by atoms with Crippen molar-refractivity contribution in [3.05, 3.63) is 28.7 Å². The van der Waals surface area contributed by atoms with Gasteiger partial charge in [0.2, 0.25) is 5.91 Å². The fraction of sp³-hybridized carbons (Fsp3) is 0.562. The van der Waals surface area contributed by atoms with Gasteiger partial charge in [0.15, 0.2) is 0 Å². The van der Waals surface area contributed by atoms with E-state index in [-0.39, 0.29) is 5.91 Å². The molecule has 21 heavy (non-hydrogen) atoms. The van der Waals surface area contributed by atoms with Crippen LogP contribution in [0.1, 0.15) is 25.7 Å². The smallest absolute Gasteiger partial charge is 0.238 e. The van der Waals surface area contributed by atoms with Crippen LogP contribution in [-0.4, -0.2) is 42.5 Å².